The van der Waals surface area contributed by atoms with Crippen LogP contribution in [-0.2, 0) is 10.2 Å². The first-order chi connectivity index (χ1) is 16.8. The molecule has 1 amide bonds. The van der Waals surface area contributed by atoms with Crippen molar-refractivity contribution in [2.75, 3.05) is 12.9 Å². The lowest BCUT2D eigenvalue weighted by atomic mass is 9.87. The van der Waals surface area contributed by atoms with Crippen molar-refractivity contribution in [3.63, 3.8) is 0 Å². The Labute approximate surface area is 208 Å². The zero-order valence-electron chi connectivity index (χ0n) is 20.1. The Kier molecular flexibility index (Phi) is 7.36. The molecule has 0 aliphatic heterocycles. The molecule has 180 valence electrons. The first kappa shape index (κ1) is 24.3. The normalized spacial score (nSPS) is 11.7. The van der Waals surface area contributed by atoms with Gasteiger partial charge >= 0.3 is 0 Å². The van der Waals surface area contributed by atoms with Gasteiger partial charge in [-0.25, -0.2) is 5.43 Å². The topological polar surface area (TPSA) is 94.5 Å². The molecule has 0 bridgehead atoms. The van der Waals surface area contributed by atoms with Crippen molar-refractivity contribution in [3.8, 4) is 22.8 Å². The molecule has 9 heteroatoms. The van der Waals surface area contributed by atoms with Gasteiger partial charge in [0.05, 0.1) is 25.3 Å². The lowest BCUT2D eigenvalue weighted by Gasteiger charge is -2.19. The van der Waals surface area contributed by atoms with E-state index in [9.17, 15) is 4.79 Å². The van der Waals surface area contributed by atoms with Crippen LogP contribution in [0.1, 0.15) is 32.1 Å². The fourth-order valence-corrected chi connectivity index (χ4v) is 4.07. The van der Waals surface area contributed by atoms with Crippen molar-refractivity contribution in [2.24, 2.45) is 5.10 Å². The molecule has 0 fully saturated rings. The highest BCUT2D eigenvalue weighted by molar-refractivity contribution is 7.99. The van der Waals surface area contributed by atoms with Gasteiger partial charge in [-0.1, -0.05) is 56.8 Å². The Bertz CT molecular complexity index is 1290. The largest absolute Gasteiger partial charge is 0.497 e. The van der Waals surface area contributed by atoms with Gasteiger partial charge in [-0.05, 0) is 47.4 Å². The zero-order chi connectivity index (χ0) is 24.8. The molecule has 2 aromatic heterocycles. The fourth-order valence-electron chi connectivity index (χ4n) is 3.33. The minimum Gasteiger partial charge on any atom is -0.497 e. The van der Waals surface area contributed by atoms with Gasteiger partial charge in [-0.2, -0.15) is 5.10 Å². The number of amides is 1. The first-order valence-corrected chi connectivity index (χ1v) is 12.0. The second-order valence-corrected chi connectivity index (χ2v) is 9.71. The standard InChI is InChI=1S/C26H27N5O3S/c1-26(2,3)19-9-7-18(8-10-19)24-29-30-25(31(24)20-11-13-21(33-4)14-12-20)35-17-23(32)28-27-16-22-6-5-15-34-22/h5-16H,17H2,1-4H3,(H,28,32)/b27-16+. The third kappa shape index (κ3) is 5.99. The number of hydrogen-bond acceptors (Lipinski definition) is 7. The molecule has 8 nitrogen and oxygen atoms in total. The number of hydrogen-bond donors (Lipinski definition) is 1. The number of nitrogens with one attached hydrogen (secondary N) is 1. The third-order valence-corrected chi connectivity index (χ3v) is 6.16. The van der Waals surface area contributed by atoms with E-state index >= 15 is 0 Å². The lowest BCUT2D eigenvalue weighted by molar-refractivity contribution is -0.118. The number of benzene rings is 2. The second-order valence-electron chi connectivity index (χ2n) is 8.76. The maximum Gasteiger partial charge on any atom is 0.250 e. The first-order valence-electron chi connectivity index (χ1n) is 11.0. The highest BCUT2D eigenvalue weighted by Crippen LogP contribution is 2.30. The third-order valence-electron chi connectivity index (χ3n) is 5.23. The Morgan fingerprint density at radius 3 is 2.49 bits per heavy atom. The number of ether oxygens (including phenoxy) is 1. The van der Waals surface area contributed by atoms with Gasteiger partial charge in [-0.15, -0.1) is 10.2 Å². The molecule has 0 aliphatic rings. The molecule has 0 saturated carbocycles. The van der Waals surface area contributed by atoms with E-state index in [0.717, 1.165) is 17.0 Å². The molecular formula is C26H27N5O3S. The van der Waals surface area contributed by atoms with E-state index in [2.05, 4.69) is 65.8 Å². The molecule has 2 heterocycles. The maximum atomic E-state index is 12.3. The highest BCUT2D eigenvalue weighted by Gasteiger charge is 2.19. The SMILES string of the molecule is COc1ccc(-n2c(SCC(=O)N/N=C/c3ccco3)nnc2-c2ccc(C(C)(C)C)cc2)cc1. The number of furan rings is 1. The van der Waals surface area contributed by atoms with Crippen molar-refractivity contribution >= 4 is 23.9 Å². The molecule has 4 aromatic rings. The lowest BCUT2D eigenvalue weighted by Crippen LogP contribution is -2.19. The number of aromatic nitrogens is 3. The Morgan fingerprint density at radius 2 is 1.86 bits per heavy atom. The van der Waals surface area contributed by atoms with Gasteiger partial charge in [-0.3, -0.25) is 9.36 Å². The minimum atomic E-state index is -0.266. The van der Waals surface area contributed by atoms with Crippen LogP contribution in [0.3, 0.4) is 0 Å². The number of thioether (sulfide) groups is 1. The summed E-state index contributed by atoms with van der Waals surface area (Å²) in [5, 5.41) is 13.4. The summed E-state index contributed by atoms with van der Waals surface area (Å²) in [5.41, 5.74) is 5.58. The molecule has 0 radical (unpaired) electrons. The van der Waals surface area contributed by atoms with E-state index in [-0.39, 0.29) is 17.1 Å². The second kappa shape index (κ2) is 10.6. The summed E-state index contributed by atoms with van der Waals surface area (Å²) < 4.78 is 12.4. The van der Waals surface area contributed by atoms with Crippen LogP contribution in [0, 0.1) is 0 Å². The number of methoxy groups -OCH3 is 1. The zero-order valence-corrected chi connectivity index (χ0v) is 20.9. The van der Waals surface area contributed by atoms with E-state index < -0.39 is 0 Å². The summed E-state index contributed by atoms with van der Waals surface area (Å²) in [5.74, 6) is 1.85. The summed E-state index contributed by atoms with van der Waals surface area (Å²) >= 11 is 1.28. The molecular weight excluding hydrogens is 462 g/mol. The summed E-state index contributed by atoms with van der Waals surface area (Å²) in [7, 11) is 1.63. The van der Waals surface area contributed by atoms with Crippen molar-refractivity contribution in [1.82, 2.24) is 20.2 Å². The summed E-state index contributed by atoms with van der Waals surface area (Å²) in [4.78, 5) is 12.3. The van der Waals surface area contributed by atoms with E-state index in [1.807, 2.05) is 28.8 Å². The Hall–Kier alpha value is -3.85. The van der Waals surface area contributed by atoms with Crippen LogP contribution in [0.15, 0.2) is 81.6 Å². The quantitative estimate of drug-likeness (QED) is 0.211. The van der Waals surface area contributed by atoms with E-state index in [1.165, 1.54) is 23.5 Å². The number of rotatable bonds is 8. The number of carbonyl (C=O) groups is 1. The van der Waals surface area contributed by atoms with Gasteiger partial charge in [0.2, 0.25) is 0 Å². The molecule has 4 rings (SSSR count). The minimum absolute atomic E-state index is 0.0516. The van der Waals surface area contributed by atoms with Crippen LogP contribution in [-0.4, -0.2) is 39.7 Å². The van der Waals surface area contributed by atoms with Crippen LogP contribution in [0.25, 0.3) is 17.1 Å². The van der Waals surface area contributed by atoms with Crippen molar-refractivity contribution < 1.29 is 13.9 Å². The fraction of sp³-hybridized carbons (Fsp3) is 0.231. The molecule has 0 atom stereocenters. The molecule has 0 unspecified atom stereocenters. The smallest absolute Gasteiger partial charge is 0.250 e. The Morgan fingerprint density at radius 1 is 1.11 bits per heavy atom. The number of nitrogens with zero attached hydrogens (tertiary/aromatic N) is 4. The van der Waals surface area contributed by atoms with Crippen LogP contribution < -0.4 is 10.2 Å². The maximum absolute atomic E-state index is 12.3. The van der Waals surface area contributed by atoms with Gasteiger partial charge in [0, 0.05) is 11.3 Å². The highest BCUT2D eigenvalue weighted by atomic mass is 32.2. The van der Waals surface area contributed by atoms with E-state index in [1.54, 1.807) is 25.5 Å². The predicted octanol–water partition coefficient (Wildman–Crippen LogP) is 5.08. The van der Waals surface area contributed by atoms with Crippen molar-refractivity contribution in [1.29, 1.82) is 0 Å². The average Bonchev–Trinajstić information content (AvgIpc) is 3.52. The van der Waals surface area contributed by atoms with Gasteiger partial charge in [0.15, 0.2) is 11.0 Å². The van der Waals surface area contributed by atoms with Crippen LogP contribution in [0.4, 0.5) is 0 Å². The van der Waals surface area contributed by atoms with Gasteiger partial charge in [0.1, 0.15) is 11.5 Å². The van der Waals surface area contributed by atoms with Crippen LogP contribution in [0.2, 0.25) is 0 Å². The number of hydrazone groups is 1. The van der Waals surface area contributed by atoms with E-state index in [4.69, 9.17) is 9.15 Å². The number of carbonyl (C=O) groups excluding carboxylic acids is 1. The monoisotopic (exact) mass is 489 g/mol. The van der Waals surface area contributed by atoms with Crippen molar-refractivity contribution in [3.05, 3.63) is 78.3 Å². The molecule has 35 heavy (non-hydrogen) atoms. The molecule has 0 spiro atoms. The van der Waals surface area contributed by atoms with Crippen molar-refractivity contribution in [2.45, 2.75) is 31.3 Å². The van der Waals surface area contributed by atoms with Crippen LogP contribution >= 0.6 is 11.8 Å². The van der Waals surface area contributed by atoms with E-state index in [0.29, 0.717) is 16.7 Å². The molecule has 0 aliphatic carbocycles. The predicted molar refractivity (Wildman–Crippen MR) is 137 cm³/mol. The summed E-state index contributed by atoms with van der Waals surface area (Å²) in [6, 6.07) is 19.5. The summed E-state index contributed by atoms with van der Waals surface area (Å²) in [6.07, 6.45) is 2.99. The van der Waals surface area contributed by atoms with Gasteiger partial charge < -0.3 is 9.15 Å². The molecule has 2 aromatic carbocycles. The van der Waals surface area contributed by atoms with Gasteiger partial charge in [0.25, 0.3) is 5.91 Å². The van der Waals surface area contributed by atoms with Crippen LogP contribution in [0.5, 0.6) is 5.75 Å². The molecule has 1 N–H and O–H groups in total. The molecule has 0 saturated heterocycles. The summed E-state index contributed by atoms with van der Waals surface area (Å²) in [6.45, 7) is 6.54. The Balaban J connectivity index is 1.58. The average molecular weight is 490 g/mol.